The van der Waals surface area contributed by atoms with Crippen LogP contribution in [0.25, 0.3) is 49.4 Å². The predicted molar refractivity (Wildman–Crippen MR) is 124 cm³/mol. The highest BCUT2D eigenvalue weighted by atomic mass is 35.5. The van der Waals surface area contributed by atoms with Gasteiger partial charge in [0.05, 0.1) is 5.69 Å². The summed E-state index contributed by atoms with van der Waals surface area (Å²) in [6, 6.07) is 33.2. The van der Waals surface area contributed by atoms with Gasteiger partial charge in [-0.15, -0.1) is 10.2 Å². The molecular weight excluding hydrogens is 390 g/mol. The Bertz CT molecular complexity index is 1550. The van der Waals surface area contributed by atoms with Crippen molar-refractivity contribution in [3.05, 3.63) is 102 Å². The Morgan fingerprint density at radius 1 is 0.600 bits per heavy atom. The Morgan fingerprint density at radius 2 is 1.30 bits per heavy atom. The van der Waals surface area contributed by atoms with E-state index in [0.717, 1.165) is 22.3 Å². The monoisotopic (exact) mass is 405 g/mol. The van der Waals surface area contributed by atoms with Crippen LogP contribution in [0.15, 0.2) is 97.1 Å². The van der Waals surface area contributed by atoms with Gasteiger partial charge in [-0.25, -0.2) is 0 Å². The van der Waals surface area contributed by atoms with E-state index < -0.39 is 0 Å². The van der Waals surface area contributed by atoms with E-state index in [1.165, 1.54) is 27.1 Å². The maximum absolute atomic E-state index is 6.01. The third-order valence-corrected chi connectivity index (χ3v) is 5.77. The Balaban J connectivity index is 1.56. The molecule has 30 heavy (non-hydrogen) atoms. The minimum Gasteiger partial charge on any atom is -0.150 e. The van der Waals surface area contributed by atoms with Gasteiger partial charge < -0.3 is 0 Å². The van der Waals surface area contributed by atoms with Crippen molar-refractivity contribution >= 4 is 44.2 Å². The van der Waals surface area contributed by atoms with Crippen LogP contribution in [0.4, 0.5) is 0 Å². The van der Waals surface area contributed by atoms with Crippen molar-refractivity contribution in [2.75, 3.05) is 0 Å². The van der Waals surface area contributed by atoms with Gasteiger partial charge >= 0.3 is 0 Å². The smallest absolute Gasteiger partial charge is 0.114 e. The second kappa shape index (κ2) is 6.68. The van der Waals surface area contributed by atoms with Crippen LogP contribution in [0, 0.1) is 0 Å². The Morgan fingerprint density at radius 3 is 2.13 bits per heavy atom. The molecule has 4 heteroatoms. The fourth-order valence-electron chi connectivity index (χ4n) is 4.07. The van der Waals surface area contributed by atoms with Crippen LogP contribution in [-0.2, 0) is 0 Å². The summed E-state index contributed by atoms with van der Waals surface area (Å²) in [5.74, 6) is 0. The molecule has 0 atom stereocenters. The molecule has 1 heterocycles. The maximum Gasteiger partial charge on any atom is 0.114 e. The first-order valence-corrected chi connectivity index (χ1v) is 10.2. The van der Waals surface area contributed by atoms with Crippen LogP contribution in [0.5, 0.6) is 0 Å². The number of fused-ring (bicyclic) bond motifs is 4. The molecule has 0 fully saturated rings. The van der Waals surface area contributed by atoms with Gasteiger partial charge in [0.15, 0.2) is 0 Å². The maximum atomic E-state index is 6.01. The number of benzene rings is 5. The molecular formula is C26H16ClN3. The fourth-order valence-corrected chi connectivity index (χ4v) is 4.19. The van der Waals surface area contributed by atoms with Gasteiger partial charge in [-0.05, 0) is 75.1 Å². The van der Waals surface area contributed by atoms with E-state index in [-0.39, 0.29) is 0 Å². The highest BCUT2D eigenvalue weighted by Gasteiger charge is 2.11. The molecule has 0 aliphatic rings. The summed E-state index contributed by atoms with van der Waals surface area (Å²) in [4.78, 5) is 1.66. The number of rotatable bonds is 2. The average molecular weight is 406 g/mol. The van der Waals surface area contributed by atoms with E-state index in [2.05, 4.69) is 71.8 Å². The molecule has 1 aromatic heterocycles. The summed E-state index contributed by atoms with van der Waals surface area (Å²) in [6.07, 6.45) is 0. The van der Waals surface area contributed by atoms with Gasteiger partial charge in [-0.2, -0.15) is 4.80 Å². The zero-order valence-corrected chi connectivity index (χ0v) is 16.7. The van der Waals surface area contributed by atoms with Gasteiger partial charge in [0.25, 0.3) is 0 Å². The van der Waals surface area contributed by atoms with Crippen LogP contribution >= 0.6 is 11.6 Å². The SMILES string of the molecule is Clc1ccc(-n2nc3ccc(-c4cc5ccccc5c5ccccc45)cc3n2)cc1. The lowest BCUT2D eigenvalue weighted by Crippen LogP contribution is -1.97. The lowest BCUT2D eigenvalue weighted by Gasteiger charge is -2.10. The number of hydrogen-bond acceptors (Lipinski definition) is 2. The van der Waals surface area contributed by atoms with E-state index in [1.807, 2.05) is 30.3 Å². The normalized spacial score (nSPS) is 11.5. The Labute approximate surface area is 178 Å². The second-order valence-electron chi connectivity index (χ2n) is 7.36. The van der Waals surface area contributed by atoms with Gasteiger partial charge in [-0.3, -0.25) is 0 Å². The number of hydrogen-bond donors (Lipinski definition) is 0. The summed E-state index contributed by atoms with van der Waals surface area (Å²) in [5.41, 5.74) is 4.94. The molecule has 0 aliphatic heterocycles. The third kappa shape index (κ3) is 2.75. The van der Waals surface area contributed by atoms with Gasteiger partial charge in [0, 0.05) is 5.02 Å². The van der Waals surface area contributed by atoms with Crippen molar-refractivity contribution in [3.63, 3.8) is 0 Å². The van der Waals surface area contributed by atoms with E-state index in [0.29, 0.717) is 5.02 Å². The molecule has 0 N–H and O–H groups in total. The van der Waals surface area contributed by atoms with Gasteiger partial charge in [-0.1, -0.05) is 66.2 Å². The van der Waals surface area contributed by atoms with E-state index >= 15 is 0 Å². The van der Waals surface area contributed by atoms with Crippen molar-refractivity contribution in [2.24, 2.45) is 0 Å². The molecule has 0 unspecified atom stereocenters. The zero-order valence-electron chi connectivity index (χ0n) is 16.0. The van der Waals surface area contributed by atoms with E-state index in [9.17, 15) is 0 Å². The average Bonchev–Trinajstić information content (AvgIpc) is 3.22. The summed E-state index contributed by atoms with van der Waals surface area (Å²) >= 11 is 6.01. The van der Waals surface area contributed by atoms with Crippen LogP contribution in [0.3, 0.4) is 0 Å². The predicted octanol–water partition coefficient (Wildman–Crippen LogP) is 7.05. The molecule has 0 saturated heterocycles. The minimum absolute atomic E-state index is 0.695. The molecule has 6 aromatic rings. The van der Waals surface area contributed by atoms with Gasteiger partial charge in [0.1, 0.15) is 11.0 Å². The molecule has 3 nitrogen and oxygen atoms in total. The molecule has 0 aliphatic carbocycles. The largest absolute Gasteiger partial charge is 0.150 e. The Hall–Kier alpha value is -3.69. The van der Waals surface area contributed by atoms with Crippen molar-refractivity contribution < 1.29 is 0 Å². The molecule has 6 rings (SSSR count). The first-order valence-electron chi connectivity index (χ1n) is 9.80. The van der Waals surface area contributed by atoms with Gasteiger partial charge in [0.2, 0.25) is 0 Å². The quantitative estimate of drug-likeness (QED) is 0.289. The zero-order chi connectivity index (χ0) is 20.1. The van der Waals surface area contributed by atoms with Crippen LogP contribution in [0.2, 0.25) is 5.02 Å². The van der Waals surface area contributed by atoms with E-state index in [1.54, 1.807) is 4.80 Å². The first-order chi connectivity index (χ1) is 14.8. The second-order valence-corrected chi connectivity index (χ2v) is 7.80. The molecule has 5 aromatic carbocycles. The number of aromatic nitrogens is 3. The van der Waals surface area contributed by atoms with Crippen LogP contribution < -0.4 is 0 Å². The van der Waals surface area contributed by atoms with Crippen molar-refractivity contribution in [1.29, 1.82) is 0 Å². The highest BCUT2D eigenvalue weighted by Crippen LogP contribution is 2.35. The molecule has 0 amide bonds. The van der Waals surface area contributed by atoms with E-state index in [4.69, 9.17) is 16.7 Å². The lowest BCUT2D eigenvalue weighted by atomic mass is 9.93. The third-order valence-electron chi connectivity index (χ3n) is 5.52. The summed E-state index contributed by atoms with van der Waals surface area (Å²) in [5, 5.41) is 15.0. The standard InChI is InChI=1S/C26H16ClN3/c27-19-10-12-20(13-11-19)30-28-25-14-9-18(16-26(25)29-30)24-15-17-5-1-2-6-21(17)22-7-3-4-8-23(22)24/h1-16H. The highest BCUT2D eigenvalue weighted by molar-refractivity contribution is 6.30. The topological polar surface area (TPSA) is 30.7 Å². The Kier molecular flexibility index (Phi) is 3.83. The summed E-state index contributed by atoms with van der Waals surface area (Å²) in [6.45, 7) is 0. The van der Waals surface area contributed by atoms with Crippen LogP contribution in [-0.4, -0.2) is 15.0 Å². The molecule has 0 bridgehead atoms. The van der Waals surface area contributed by atoms with Crippen LogP contribution in [0.1, 0.15) is 0 Å². The summed E-state index contributed by atoms with van der Waals surface area (Å²) in [7, 11) is 0. The number of nitrogens with zero attached hydrogens (tertiary/aromatic N) is 3. The number of halogens is 1. The van der Waals surface area contributed by atoms with Crippen molar-refractivity contribution in [2.45, 2.75) is 0 Å². The summed E-state index contributed by atoms with van der Waals surface area (Å²) < 4.78 is 0. The molecule has 0 saturated carbocycles. The lowest BCUT2D eigenvalue weighted by molar-refractivity contribution is 0.766. The molecule has 0 spiro atoms. The minimum atomic E-state index is 0.695. The fraction of sp³-hybridized carbons (Fsp3) is 0. The van der Waals surface area contributed by atoms with Crippen molar-refractivity contribution in [1.82, 2.24) is 15.0 Å². The molecule has 0 radical (unpaired) electrons. The van der Waals surface area contributed by atoms with Crippen molar-refractivity contribution in [3.8, 4) is 16.8 Å². The molecule has 142 valence electrons. The first kappa shape index (κ1) is 17.2.